The minimum Gasteiger partial charge on any atom is -0.453 e. The van der Waals surface area contributed by atoms with Crippen LogP contribution in [0.25, 0.3) is 10.8 Å². The van der Waals surface area contributed by atoms with E-state index in [0.717, 1.165) is 11.1 Å². The van der Waals surface area contributed by atoms with Gasteiger partial charge in [0.05, 0.1) is 12.3 Å². The number of benzene rings is 2. The minimum absolute atomic E-state index is 0.263. The van der Waals surface area contributed by atoms with E-state index in [9.17, 15) is 0 Å². The van der Waals surface area contributed by atoms with Gasteiger partial charge in [0.2, 0.25) is 0 Å². The van der Waals surface area contributed by atoms with Gasteiger partial charge in [0.15, 0.2) is 5.22 Å². The van der Waals surface area contributed by atoms with E-state index in [1.54, 1.807) is 6.26 Å². The summed E-state index contributed by atoms with van der Waals surface area (Å²) in [4.78, 5) is 0. The Balaban J connectivity index is 2.07. The summed E-state index contributed by atoms with van der Waals surface area (Å²) >= 11 is 5.96. The van der Waals surface area contributed by atoms with Crippen molar-refractivity contribution in [2.45, 2.75) is 6.04 Å². The van der Waals surface area contributed by atoms with Gasteiger partial charge in [-0.25, -0.2) is 0 Å². The van der Waals surface area contributed by atoms with Crippen LogP contribution in [0, 0.1) is 0 Å². The summed E-state index contributed by atoms with van der Waals surface area (Å²) in [6.07, 6.45) is 1.55. The van der Waals surface area contributed by atoms with E-state index in [2.05, 4.69) is 24.3 Å². The van der Waals surface area contributed by atoms with Gasteiger partial charge < -0.3 is 10.2 Å². The zero-order valence-corrected chi connectivity index (χ0v) is 10.4. The van der Waals surface area contributed by atoms with Crippen molar-refractivity contribution in [1.29, 1.82) is 0 Å². The van der Waals surface area contributed by atoms with Gasteiger partial charge in [-0.15, -0.1) is 0 Å². The van der Waals surface area contributed by atoms with Gasteiger partial charge in [-0.2, -0.15) is 0 Å². The highest BCUT2D eigenvalue weighted by atomic mass is 35.5. The Hall–Kier alpha value is -1.77. The largest absolute Gasteiger partial charge is 0.453 e. The van der Waals surface area contributed by atoms with Crippen LogP contribution in [0.4, 0.5) is 0 Å². The van der Waals surface area contributed by atoms with Gasteiger partial charge >= 0.3 is 0 Å². The maximum absolute atomic E-state index is 6.21. The van der Waals surface area contributed by atoms with Crippen molar-refractivity contribution in [3.8, 4) is 0 Å². The average molecular weight is 258 g/mol. The first kappa shape index (κ1) is 11.3. The maximum atomic E-state index is 6.21. The van der Waals surface area contributed by atoms with Crippen LogP contribution in [0.1, 0.15) is 17.2 Å². The number of fused-ring (bicyclic) bond motifs is 1. The molecule has 0 aliphatic heterocycles. The third-order valence-corrected chi connectivity index (χ3v) is 3.42. The van der Waals surface area contributed by atoms with E-state index >= 15 is 0 Å². The fraction of sp³-hybridized carbons (Fsp3) is 0.0667. The van der Waals surface area contributed by atoms with E-state index < -0.39 is 0 Å². The van der Waals surface area contributed by atoms with E-state index in [-0.39, 0.29) is 6.04 Å². The molecule has 18 heavy (non-hydrogen) atoms. The minimum atomic E-state index is -0.263. The molecule has 2 nitrogen and oxygen atoms in total. The Bertz CT molecular complexity index is 690. The summed E-state index contributed by atoms with van der Waals surface area (Å²) in [6.45, 7) is 0. The van der Waals surface area contributed by atoms with Crippen molar-refractivity contribution < 1.29 is 4.42 Å². The molecule has 3 aromatic rings. The van der Waals surface area contributed by atoms with Crippen LogP contribution in [-0.2, 0) is 0 Å². The van der Waals surface area contributed by atoms with Crippen LogP contribution in [0.5, 0.6) is 0 Å². The predicted octanol–water partition coefficient (Wildman–Crippen LogP) is 4.13. The zero-order chi connectivity index (χ0) is 12.5. The first-order valence-electron chi connectivity index (χ1n) is 5.73. The number of nitrogens with two attached hydrogens (primary N) is 1. The molecule has 0 saturated carbocycles. The lowest BCUT2D eigenvalue weighted by Gasteiger charge is -2.11. The van der Waals surface area contributed by atoms with Crippen molar-refractivity contribution in [2.24, 2.45) is 5.73 Å². The molecule has 2 aromatic carbocycles. The number of hydrogen-bond acceptors (Lipinski definition) is 2. The van der Waals surface area contributed by atoms with Crippen LogP contribution in [0.15, 0.2) is 59.2 Å². The number of furan rings is 1. The van der Waals surface area contributed by atoms with Crippen molar-refractivity contribution in [3.63, 3.8) is 0 Å². The standard InChI is InChI=1S/C15H12ClNO/c16-15-13(7-8-18-15)14(17)12-6-5-10-3-1-2-4-11(10)9-12/h1-9,14H,17H2. The fourth-order valence-electron chi connectivity index (χ4n) is 2.11. The van der Waals surface area contributed by atoms with Crippen LogP contribution in [-0.4, -0.2) is 0 Å². The molecule has 0 bridgehead atoms. The molecule has 0 spiro atoms. The van der Waals surface area contributed by atoms with Gasteiger partial charge in [-0.05, 0) is 40.1 Å². The summed E-state index contributed by atoms with van der Waals surface area (Å²) in [6, 6.07) is 15.9. The van der Waals surface area contributed by atoms with E-state index in [1.165, 1.54) is 10.8 Å². The molecule has 0 aliphatic carbocycles. The summed E-state index contributed by atoms with van der Waals surface area (Å²) in [5.74, 6) is 0. The normalized spacial score (nSPS) is 12.8. The summed E-state index contributed by atoms with van der Waals surface area (Å²) < 4.78 is 5.08. The second kappa shape index (κ2) is 4.48. The van der Waals surface area contributed by atoms with Crippen LogP contribution in [0.2, 0.25) is 5.22 Å². The Morgan fingerprint density at radius 1 is 1.00 bits per heavy atom. The maximum Gasteiger partial charge on any atom is 0.198 e. The van der Waals surface area contributed by atoms with Gasteiger partial charge in [0.25, 0.3) is 0 Å². The SMILES string of the molecule is NC(c1ccc2ccccc2c1)c1ccoc1Cl. The second-order valence-corrected chi connectivity index (χ2v) is 4.58. The van der Waals surface area contributed by atoms with Crippen LogP contribution < -0.4 is 5.73 Å². The molecule has 1 atom stereocenters. The van der Waals surface area contributed by atoms with Gasteiger partial charge in [-0.1, -0.05) is 36.4 Å². The fourth-order valence-corrected chi connectivity index (χ4v) is 2.34. The number of halogens is 1. The number of rotatable bonds is 2. The average Bonchev–Trinajstić information content (AvgIpc) is 2.83. The van der Waals surface area contributed by atoms with E-state index in [4.69, 9.17) is 21.8 Å². The molecule has 1 heterocycles. The van der Waals surface area contributed by atoms with Gasteiger partial charge in [0, 0.05) is 5.56 Å². The quantitative estimate of drug-likeness (QED) is 0.750. The Labute approximate surface area is 110 Å². The lowest BCUT2D eigenvalue weighted by Crippen LogP contribution is -2.11. The van der Waals surface area contributed by atoms with Crippen molar-refractivity contribution in [3.05, 3.63) is 71.1 Å². The van der Waals surface area contributed by atoms with Crippen LogP contribution >= 0.6 is 11.6 Å². The van der Waals surface area contributed by atoms with Gasteiger partial charge in [0.1, 0.15) is 0 Å². The highest BCUT2D eigenvalue weighted by molar-refractivity contribution is 6.29. The zero-order valence-electron chi connectivity index (χ0n) is 9.64. The molecule has 0 amide bonds. The topological polar surface area (TPSA) is 39.2 Å². The predicted molar refractivity (Wildman–Crippen MR) is 73.7 cm³/mol. The summed E-state index contributed by atoms with van der Waals surface area (Å²) in [7, 11) is 0. The van der Waals surface area contributed by atoms with Gasteiger partial charge in [-0.3, -0.25) is 0 Å². The highest BCUT2D eigenvalue weighted by Gasteiger charge is 2.14. The monoisotopic (exact) mass is 257 g/mol. The Morgan fingerprint density at radius 3 is 2.50 bits per heavy atom. The van der Waals surface area contributed by atoms with Crippen LogP contribution in [0.3, 0.4) is 0 Å². The van der Waals surface area contributed by atoms with Crippen molar-refractivity contribution in [1.82, 2.24) is 0 Å². The van der Waals surface area contributed by atoms with E-state index in [1.807, 2.05) is 24.3 Å². The molecule has 3 rings (SSSR count). The molecule has 2 N–H and O–H groups in total. The Kier molecular flexibility index (Phi) is 2.82. The summed E-state index contributed by atoms with van der Waals surface area (Å²) in [5.41, 5.74) is 8.05. The molecular formula is C15H12ClNO. The number of hydrogen-bond donors (Lipinski definition) is 1. The third kappa shape index (κ3) is 1.90. The lowest BCUT2D eigenvalue weighted by molar-refractivity contribution is 0.564. The molecule has 0 aliphatic rings. The lowest BCUT2D eigenvalue weighted by atomic mass is 9.99. The second-order valence-electron chi connectivity index (χ2n) is 4.23. The summed E-state index contributed by atoms with van der Waals surface area (Å²) in [5, 5.41) is 2.73. The first-order chi connectivity index (χ1) is 8.75. The molecular weight excluding hydrogens is 246 g/mol. The highest BCUT2D eigenvalue weighted by Crippen LogP contribution is 2.29. The smallest absolute Gasteiger partial charge is 0.198 e. The first-order valence-corrected chi connectivity index (χ1v) is 6.10. The molecule has 0 saturated heterocycles. The van der Waals surface area contributed by atoms with E-state index in [0.29, 0.717) is 5.22 Å². The molecule has 1 unspecified atom stereocenters. The molecule has 90 valence electrons. The van der Waals surface area contributed by atoms with Crippen molar-refractivity contribution in [2.75, 3.05) is 0 Å². The molecule has 0 fully saturated rings. The third-order valence-electron chi connectivity index (χ3n) is 3.11. The molecule has 0 radical (unpaired) electrons. The van der Waals surface area contributed by atoms with Crippen molar-refractivity contribution >= 4 is 22.4 Å². The Morgan fingerprint density at radius 2 is 1.78 bits per heavy atom. The molecule has 3 heteroatoms. The molecule has 1 aromatic heterocycles.